The van der Waals surface area contributed by atoms with Crippen molar-refractivity contribution >= 4 is 29.1 Å². The highest BCUT2D eigenvalue weighted by molar-refractivity contribution is 6.47. The molecule has 1 heterocycles. The Hall–Kier alpha value is -2.99. The molecule has 1 aliphatic heterocycles. The summed E-state index contributed by atoms with van der Waals surface area (Å²) in [6.07, 6.45) is 0.666. The van der Waals surface area contributed by atoms with Gasteiger partial charge in [-0.15, -0.1) is 0 Å². The van der Waals surface area contributed by atoms with Crippen LogP contribution in [0.3, 0.4) is 0 Å². The van der Waals surface area contributed by atoms with Crippen LogP contribution in [0.4, 0.5) is 0 Å². The van der Waals surface area contributed by atoms with Gasteiger partial charge >= 0.3 is 0 Å². The van der Waals surface area contributed by atoms with E-state index in [1.54, 1.807) is 18.2 Å². The third kappa shape index (κ3) is 4.75. The number of hydrogen-bond acceptors (Lipinski definition) is 5. The molecule has 0 radical (unpaired) electrons. The van der Waals surface area contributed by atoms with Crippen molar-refractivity contribution in [3.63, 3.8) is 0 Å². The number of methoxy groups -OCH3 is 1. The van der Waals surface area contributed by atoms with E-state index in [0.717, 1.165) is 0 Å². The summed E-state index contributed by atoms with van der Waals surface area (Å²) >= 11 is 6.31. The fraction of sp³-hybridized carbons (Fsp3) is 0.360. The number of Topliss-reactive ketones (excluding diaryl/α,β-unsaturated/α-hetero) is 1. The molecule has 0 spiro atoms. The number of carbonyl (C=O) groups excluding carboxylic acids is 2. The summed E-state index contributed by atoms with van der Waals surface area (Å²) in [5, 5.41) is 11.4. The van der Waals surface area contributed by atoms with Crippen molar-refractivity contribution in [2.24, 2.45) is 5.92 Å². The van der Waals surface area contributed by atoms with E-state index in [9.17, 15) is 14.7 Å². The minimum atomic E-state index is -0.736. The van der Waals surface area contributed by atoms with E-state index in [1.165, 1.54) is 12.0 Å². The smallest absolute Gasteiger partial charge is 0.295 e. The number of nitrogens with zero attached hydrogens (tertiary/aromatic N) is 1. The van der Waals surface area contributed by atoms with Gasteiger partial charge in [0.2, 0.25) is 0 Å². The van der Waals surface area contributed by atoms with Gasteiger partial charge in [-0.3, -0.25) is 9.59 Å². The molecule has 2 aromatic rings. The molecule has 1 unspecified atom stereocenters. The van der Waals surface area contributed by atoms with Crippen molar-refractivity contribution in [2.45, 2.75) is 33.2 Å². The number of likely N-dealkylation sites (tertiary alicyclic amines) is 1. The Morgan fingerprint density at radius 3 is 2.38 bits per heavy atom. The lowest BCUT2D eigenvalue weighted by Gasteiger charge is -2.25. The molecule has 1 amide bonds. The maximum atomic E-state index is 13.0. The van der Waals surface area contributed by atoms with Crippen LogP contribution in [-0.2, 0) is 9.59 Å². The van der Waals surface area contributed by atoms with Gasteiger partial charge in [-0.05, 0) is 48.2 Å². The zero-order valence-electron chi connectivity index (χ0n) is 18.7. The fourth-order valence-electron chi connectivity index (χ4n) is 3.67. The Labute approximate surface area is 193 Å². The summed E-state index contributed by atoms with van der Waals surface area (Å²) in [6.45, 7) is 7.02. The van der Waals surface area contributed by atoms with Gasteiger partial charge in [0.1, 0.15) is 17.3 Å². The highest BCUT2D eigenvalue weighted by Crippen LogP contribution is 2.41. The molecule has 1 fully saturated rings. The molecular formula is C25H28ClNO5. The van der Waals surface area contributed by atoms with Crippen LogP contribution in [0, 0.1) is 5.92 Å². The number of aliphatic hydroxyl groups is 1. The quantitative estimate of drug-likeness (QED) is 0.334. The van der Waals surface area contributed by atoms with E-state index in [2.05, 4.69) is 13.8 Å². The standard InChI is InChI=1S/C25H28ClNO5/c1-5-12-27-22(16-6-8-17(9-7-16)32-14-15(2)3)21(24(29)25(27)30)23(28)19-13-18(31-4)10-11-20(19)26/h6-11,13,15,22,28H,5,12,14H2,1-4H3/b23-21+. The lowest BCUT2D eigenvalue weighted by molar-refractivity contribution is -0.139. The number of amides is 1. The van der Waals surface area contributed by atoms with Crippen LogP contribution in [0.25, 0.3) is 5.76 Å². The zero-order valence-corrected chi connectivity index (χ0v) is 19.5. The van der Waals surface area contributed by atoms with Gasteiger partial charge in [0.25, 0.3) is 11.7 Å². The third-order valence-corrected chi connectivity index (χ3v) is 5.54. The Morgan fingerprint density at radius 2 is 1.78 bits per heavy atom. The molecule has 0 saturated carbocycles. The first kappa shape index (κ1) is 23.7. The van der Waals surface area contributed by atoms with Crippen molar-refractivity contribution in [3.05, 3.63) is 64.2 Å². The molecule has 2 aromatic carbocycles. The molecule has 7 heteroatoms. The largest absolute Gasteiger partial charge is 0.507 e. The SMILES string of the molecule is CCCN1C(=O)C(=O)/C(=C(/O)c2cc(OC)ccc2Cl)C1c1ccc(OCC(C)C)cc1. The van der Waals surface area contributed by atoms with Crippen LogP contribution in [0.1, 0.15) is 44.4 Å². The minimum Gasteiger partial charge on any atom is -0.507 e. The van der Waals surface area contributed by atoms with E-state index in [-0.39, 0.29) is 21.9 Å². The van der Waals surface area contributed by atoms with E-state index in [4.69, 9.17) is 21.1 Å². The molecule has 0 bridgehead atoms. The molecule has 0 aromatic heterocycles. The Bertz CT molecular complexity index is 1030. The second kappa shape index (κ2) is 10.1. The number of rotatable bonds is 8. The first-order valence-corrected chi connectivity index (χ1v) is 11.0. The van der Waals surface area contributed by atoms with E-state index in [1.807, 2.05) is 31.2 Å². The summed E-state index contributed by atoms with van der Waals surface area (Å²) in [5.41, 5.74) is 0.951. The molecular weight excluding hydrogens is 430 g/mol. The number of ketones is 1. The highest BCUT2D eigenvalue weighted by Gasteiger charge is 2.45. The second-order valence-electron chi connectivity index (χ2n) is 8.11. The first-order chi connectivity index (χ1) is 15.3. The van der Waals surface area contributed by atoms with Crippen LogP contribution in [0.5, 0.6) is 11.5 Å². The minimum absolute atomic E-state index is 0.00875. The second-order valence-corrected chi connectivity index (χ2v) is 8.52. The molecule has 3 rings (SSSR count). The first-order valence-electron chi connectivity index (χ1n) is 10.6. The van der Waals surface area contributed by atoms with Gasteiger partial charge in [-0.2, -0.15) is 0 Å². The van der Waals surface area contributed by atoms with Crippen molar-refractivity contribution in [1.82, 2.24) is 4.90 Å². The van der Waals surface area contributed by atoms with Gasteiger partial charge in [0, 0.05) is 12.1 Å². The van der Waals surface area contributed by atoms with E-state index < -0.39 is 17.7 Å². The molecule has 6 nitrogen and oxygen atoms in total. The number of carbonyl (C=O) groups is 2. The van der Waals surface area contributed by atoms with Gasteiger partial charge in [0.15, 0.2) is 0 Å². The van der Waals surface area contributed by atoms with Crippen molar-refractivity contribution in [2.75, 3.05) is 20.3 Å². The van der Waals surface area contributed by atoms with Crippen LogP contribution >= 0.6 is 11.6 Å². The molecule has 1 aliphatic rings. The average molecular weight is 458 g/mol. The van der Waals surface area contributed by atoms with Crippen molar-refractivity contribution in [3.8, 4) is 11.5 Å². The summed E-state index contributed by atoms with van der Waals surface area (Å²) in [7, 11) is 1.50. The van der Waals surface area contributed by atoms with Crippen LogP contribution in [0.2, 0.25) is 5.02 Å². The lowest BCUT2D eigenvalue weighted by atomic mass is 9.95. The summed E-state index contributed by atoms with van der Waals surface area (Å²) in [6, 6.07) is 11.3. The summed E-state index contributed by atoms with van der Waals surface area (Å²) in [4.78, 5) is 27.3. The summed E-state index contributed by atoms with van der Waals surface area (Å²) in [5.74, 6) is -0.139. The van der Waals surface area contributed by atoms with E-state index in [0.29, 0.717) is 42.6 Å². The predicted octanol–water partition coefficient (Wildman–Crippen LogP) is 5.22. The van der Waals surface area contributed by atoms with Gasteiger partial charge in [-0.1, -0.05) is 44.5 Å². The molecule has 1 N–H and O–H groups in total. The number of benzene rings is 2. The fourth-order valence-corrected chi connectivity index (χ4v) is 3.87. The number of halogens is 1. The van der Waals surface area contributed by atoms with Gasteiger partial charge in [0.05, 0.1) is 30.4 Å². The van der Waals surface area contributed by atoms with Crippen LogP contribution < -0.4 is 9.47 Å². The number of ether oxygens (including phenoxy) is 2. The molecule has 1 atom stereocenters. The summed E-state index contributed by atoms with van der Waals surface area (Å²) < 4.78 is 11.0. The molecule has 32 heavy (non-hydrogen) atoms. The zero-order chi connectivity index (χ0) is 23.4. The van der Waals surface area contributed by atoms with Crippen molar-refractivity contribution in [1.29, 1.82) is 0 Å². The maximum Gasteiger partial charge on any atom is 0.295 e. The Kier molecular flexibility index (Phi) is 7.46. The van der Waals surface area contributed by atoms with E-state index >= 15 is 0 Å². The van der Waals surface area contributed by atoms with Crippen LogP contribution in [0.15, 0.2) is 48.0 Å². The lowest BCUT2D eigenvalue weighted by Crippen LogP contribution is -2.30. The number of hydrogen-bond donors (Lipinski definition) is 1. The van der Waals surface area contributed by atoms with Crippen molar-refractivity contribution < 1.29 is 24.2 Å². The normalized spacial score (nSPS) is 17.8. The average Bonchev–Trinajstić information content (AvgIpc) is 3.03. The Balaban J connectivity index is 2.10. The van der Waals surface area contributed by atoms with Crippen LogP contribution in [-0.4, -0.2) is 42.0 Å². The topological polar surface area (TPSA) is 76.1 Å². The molecule has 0 aliphatic carbocycles. The molecule has 1 saturated heterocycles. The predicted molar refractivity (Wildman–Crippen MR) is 124 cm³/mol. The number of aliphatic hydroxyl groups excluding tert-OH is 1. The maximum absolute atomic E-state index is 13.0. The van der Waals surface area contributed by atoms with Gasteiger partial charge < -0.3 is 19.5 Å². The third-order valence-electron chi connectivity index (χ3n) is 5.21. The Morgan fingerprint density at radius 1 is 1.12 bits per heavy atom. The monoisotopic (exact) mass is 457 g/mol. The van der Waals surface area contributed by atoms with Gasteiger partial charge in [-0.25, -0.2) is 0 Å². The highest BCUT2D eigenvalue weighted by atomic mass is 35.5. The molecule has 170 valence electrons.